The van der Waals surface area contributed by atoms with Gasteiger partial charge >= 0.3 is 0 Å². The van der Waals surface area contributed by atoms with Gasteiger partial charge in [-0.05, 0) is 49.8 Å². The second-order valence-corrected chi connectivity index (χ2v) is 3.43. The van der Waals surface area contributed by atoms with Gasteiger partial charge in [-0.3, -0.25) is 4.79 Å². The van der Waals surface area contributed by atoms with Crippen LogP contribution < -0.4 is 10.1 Å². The highest BCUT2D eigenvalue weighted by Gasteiger charge is 1.93. The SMILES string of the molecule is CCNc1ccc(OC/C=C(\C)C=O)cc1. The second kappa shape index (κ2) is 6.67. The van der Waals surface area contributed by atoms with E-state index in [0.29, 0.717) is 12.2 Å². The highest BCUT2D eigenvalue weighted by Crippen LogP contribution is 2.15. The van der Waals surface area contributed by atoms with Crippen molar-refractivity contribution in [1.29, 1.82) is 0 Å². The van der Waals surface area contributed by atoms with Crippen molar-refractivity contribution >= 4 is 12.0 Å². The van der Waals surface area contributed by atoms with Gasteiger partial charge in [0.25, 0.3) is 0 Å². The molecular formula is C13H17NO2. The van der Waals surface area contributed by atoms with Crippen molar-refractivity contribution in [2.75, 3.05) is 18.5 Å². The van der Waals surface area contributed by atoms with Crippen molar-refractivity contribution in [1.82, 2.24) is 0 Å². The van der Waals surface area contributed by atoms with Crippen LogP contribution in [0.1, 0.15) is 13.8 Å². The molecule has 0 atom stereocenters. The summed E-state index contributed by atoms with van der Waals surface area (Å²) in [7, 11) is 0. The lowest BCUT2D eigenvalue weighted by molar-refractivity contribution is -0.104. The van der Waals surface area contributed by atoms with Gasteiger partial charge in [0.1, 0.15) is 18.6 Å². The van der Waals surface area contributed by atoms with E-state index in [9.17, 15) is 4.79 Å². The smallest absolute Gasteiger partial charge is 0.145 e. The predicted molar refractivity (Wildman–Crippen MR) is 65.9 cm³/mol. The van der Waals surface area contributed by atoms with E-state index in [1.165, 1.54) is 0 Å². The molecule has 0 amide bonds. The Hall–Kier alpha value is -1.77. The van der Waals surface area contributed by atoms with E-state index in [2.05, 4.69) is 12.2 Å². The zero-order chi connectivity index (χ0) is 11.8. The monoisotopic (exact) mass is 219 g/mol. The highest BCUT2D eigenvalue weighted by atomic mass is 16.5. The Labute approximate surface area is 96.1 Å². The first kappa shape index (κ1) is 12.3. The summed E-state index contributed by atoms with van der Waals surface area (Å²) in [5, 5.41) is 3.20. The summed E-state index contributed by atoms with van der Waals surface area (Å²) < 4.78 is 5.45. The van der Waals surface area contributed by atoms with Gasteiger partial charge in [0.2, 0.25) is 0 Å². The van der Waals surface area contributed by atoms with Crippen LogP contribution in [-0.4, -0.2) is 19.4 Å². The third-order valence-electron chi connectivity index (χ3n) is 2.08. The molecule has 0 saturated carbocycles. The van der Waals surface area contributed by atoms with Crippen LogP contribution in [0.2, 0.25) is 0 Å². The first-order valence-electron chi connectivity index (χ1n) is 5.35. The van der Waals surface area contributed by atoms with Gasteiger partial charge in [-0.1, -0.05) is 0 Å². The molecule has 0 aliphatic rings. The number of allylic oxidation sites excluding steroid dienone is 1. The number of aldehydes is 1. The zero-order valence-corrected chi connectivity index (χ0v) is 9.69. The van der Waals surface area contributed by atoms with Crippen LogP contribution in [0.3, 0.4) is 0 Å². The van der Waals surface area contributed by atoms with Gasteiger partial charge in [-0.25, -0.2) is 0 Å². The fourth-order valence-electron chi connectivity index (χ4n) is 1.19. The molecule has 0 spiro atoms. The van der Waals surface area contributed by atoms with Crippen LogP contribution in [0.4, 0.5) is 5.69 Å². The first-order valence-corrected chi connectivity index (χ1v) is 5.35. The standard InChI is InChI=1S/C13H17NO2/c1-3-14-12-4-6-13(7-5-12)16-9-8-11(2)10-15/h4-8,10,14H,3,9H2,1-2H3/b11-8+. The number of nitrogens with one attached hydrogen (secondary N) is 1. The number of hydrogen-bond donors (Lipinski definition) is 1. The van der Waals surface area contributed by atoms with E-state index in [1.807, 2.05) is 24.3 Å². The molecule has 0 unspecified atom stereocenters. The quantitative estimate of drug-likeness (QED) is 0.590. The van der Waals surface area contributed by atoms with Crippen LogP contribution in [0.5, 0.6) is 5.75 Å². The van der Waals surface area contributed by atoms with Crippen LogP contribution in [0.25, 0.3) is 0 Å². The van der Waals surface area contributed by atoms with Gasteiger partial charge < -0.3 is 10.1 Å². The highest BCUT2D eigenvalue weighted by molar-refractivity contribution is 5.71. The maximum absolute atomic E-state index is 10.3. The second-order valence-electron chi connectivity index (χ2n) is 3.43. The number of hydrogen-bond acceptors (Lipinski definition) is 3. The maximum Gasteiger partial charge on any atom is 0.145 e. The molecule has 0 aliphatic heterocycles. The van der Waals surface area contributed by atoms with Crippen molar-refractivity contribution in [3.63, 3.8) is 0 Å². The van der Waals surface area contributed by atoms with E-state index in [1.54, 1.807) is 13.0 Å². The third-order valence-corrected chi connectivity index (χ3v) is 2.08. The molecule has 1 aromatic rings. The number of rotatable bonds is 6. The van der Waals surface area contributed by atoms with Gasteiger partial charge in [0.05, 0.1) is 0 Å². The number of ether oxygens (including phenoxy) is 1. The van der Waals surface area contributed by atoms with Crippen molar-refractivity contribution in [3.05, 3.63) is 35.9 Å². The molecule has 1 N–H and O–H groups in total. The lowest BCUT2D eigenvalue weighted by Crippen LogP contribution is -1.97. The molecular weight excluding hydrogens is 202 g/mol. The van der Waals surface area contributed by atoms with E-state index in [4.69, 9.17) is 4.74 Å². The normalized spacial score (nSPS) is 11.0. The Kier molecular flexibility index (Phi) is 5.12. The lowest BCUT2D eigenvalue weighted by atomic mass is 10.3. The maximum atomic E-state index is 10.3. The fourth-order valence-corrected chi connectivity index (χ4v) is 1.19. The molecule has 86 valence electrons. The summed E-state index contributed by atoms with van der Waals surface area (Å²) in [6.45, 7) is 5.13. The molecule has 0 fully saturated rings. The van der Waals surface area contributed by atoms with Crippen LogP contribution in [-0.2, 0) is 4.79 Å². The molecule has 0 heterocycles. The van der Waals surface area contributed by atoms with E-state index < -0.39 is 0 Å². The van der Waals surface area contributed by atoms with Crippen molar-refractivity contribution in [3.8, 4) is 5.75 Å². The molecule has 0 radical (unpaired) electrons. The molecule has 0 aromatic heterocycles. The predicted octanol–water partition coefficient (Wildman–Crippen LogP) is 2.64. The molecule has 0 bridgehead atoms. The van der Waals surface area contributed by atoms with Crippen molar-refractivity contribution < 1.29 is 9.53 Å². The Balaban J connectivity index is 2.46. The fraction of sp³-hybridized carbons (Fsp3) is 0.308. The van der Waals surface area contributed by atoms with Crippen LogP contribution in [0.15, 0.2) is 35.9 Å². The van der Waals surface area contributed by atoms with E-state index in [-0.39, 0.29) is 0 Å². The molecule has 0 saturated heterocycles. The van der Waals surface area contributed by atoms with Crippen LogP contribution >= 0.6 is 0 Å². The minimum atomic E-state index is 0.422. The molecule has 3 heteroatoms. The van der Waals surface area contributed by atoms with E-state index >= 15 is 0 Å². The van der Waals surface area contributed by atoms with Crippen LogP contribution in [0, 0.1) is 0 Å². The topological polar surface area (TPSA) is 38.3 Å². The third kappa shape index (κ3) is 4.17. The van der Waals surface area contributed by atoms with Gasteiger partial charge in [0, 0.05) is 12.2 Å². The Morgan fingerprint density at radius 2 is 2.06 bits per heavy atom. The van der Waals surface area contributed by atoms with Gasteiger partial charge in [0.15, 0.2) is 0 Å². The Bertz CT molecular complexity index is 355. The largest absolute Gasteiger partial charge is 0.490 e. The summed E-state index contributed by atoms with van der Waals surface area (Å²) >= 11 is 0. The Morgan fingerprint density at radius 3 is 2.62 bits per heavy atom. The minimum absolute atomic E-state index is 0.422. The Morgan fingerprint density at radius 1 is 1.38 bits per heavy atom. The zero-order valence-electron chi connectivity index (χ0n) is 9.69. The van der Waals surface area contributed by atoms with Gasteiger partial charge in [-0.2, -0.15) is 0 Å². The summed E-state index contributed by atoms with van der Waals surface area (Å²) in [4.78, 5) is 10.3. The average molecular weight is 219 g/mol. The number of carbonyl (C=O) groups excluding carboxylic acids is 1. The molecule has 3 nitrogen and oxygen atoms in total. The molecule has 0 aliphatic carbocycles. The van der Waals surface area contributed by atoms with Gasteiger partial charge in [-0.15, -0.1) is 0 Å². The molecule has 16 heavy (non-hydrogen) atoms. The van der Waals surface area contributed by atoms with Crippen molar-refractivity contribution in [2.45, 2.75) is 13.8 Å². The number of benzene rings is 1. The average Bonchev–Trinajstić information content (AvgIpc) is 2.31. The molecule has 1 rings (SSSR count). The summed E-state index contributed by atoms with van der Waals surface area (Å²) in [5.74, 6) is 0.802. The summed E-state index contributed by atoms with van der Waals surface area (Å²) in [6.07, 6.45) is 2.57. The first-order chi connectivity index (χ1) is 7.76. The van der Waals surface area contributed by atoms with E-state index in [0.717, 1.165) is 24.3 Å². The summed E-state index contributed by atoms with van der Waals surface area (Å²) in [6, 6.07) is 7.74. The lowest BCUT2D eigenvalue weighted by Gasteiger charge is -2.06. The number of anilines is 1. The summed E-state index contributed by atoms with van der Waals surface area (Å²) in [5.41, 5.74) is 1.76. The molecule has 1 aromatic carbocycles. The number of carbonyl (C=O) groups is 1. The van der Waals surface area contributed by atoms with Crippen molar-refractivity contribution in [2.24, 2.45) is 0 Å². The minimum Gasteiger partial charge on any atom is -0.490 e.